The molecule has 0 amide bonds. The van der Waals surface area contributed by atoms with Gasteiger partial charge in [0.2, 0.25) is 0 Å². The summed E-state index contributed by atoms with van der Waals surface area (Å²) in [5, 5.41) is 1.21. The molecule has 3 rings (SSSR count). The lowest BCUT2D eigenvalue weighted by Crippen LogP contribution is -1.87. The van der Waals surface area contributed by atoms with Crippen LogP contribution in [0.2, 0.25) is 0 Å². The summed E-state index contributed by atoms with van der Waals surface area (Å²) >= 11 is 3.43. The Labute approximate surface area is 108 Å². The van der Waals surface area contributed by atoms with E-state index in [4.69, 9.17) is 0 Å². The molecule has 0 bridgehead atoms. The molecule has 3 heteroatoms. The largest absolute Gasteiger partial charge is 0.353 e. The summed E-state index contributed by atoms with van der Waals surface area (Å²) in [5.41, 5.74) is 4.37. The molecule has 0 saturated carbocycles. The second kappa shape index (κ2) is 4.00. The van der Waals surface area contributed by atoms with Gasteiger partial charge >= 0.3 is 0 Å². The number of aromatic nitrogens is 2. The molecule has 0 radical (unpaired) electrons. The molecule has 0 saturated heterocycles. The summed E-state index contributed by atoms with van der Waals surface area (Å²) < 4.78 is 1.01. The average molecular weight is 287 g/mol. The summed E-state index contributed by atoms with van der Waals surface area (Å²) in [5.74, 6) is 0. The van der Waals surface area contributed by atoms with E-state index in [1.807, 2.05) is 18.3 Å². The van der Waals surface area contributed by atoms with Gasteiger partial charge in [0.1, 0.15) is 0 Å². The van der Waals surface area contributed by atoms with E-state index in [9.17, 15) is 0 Å². The zero-order valence-corrected chi connectivity index (χ0v) is 11.0. The number of fused-ring (bicyclic) bond motifs is 1. The molecule has 0 aliphatic heterocycles. The highest BCUT2D eigenvalue weighted by Crippen LogP contribution is 2.26. The summed E-state index contributed by atoms with van der Waals surface area (Å²) in [7, 11) is 0. The fourth-order valence-corrected chi connectivity index (χ4v) is 2.47. The Morgan fingerprint density at radius 1 is 1.18 bits per heavy atom. The number of aryl methyl sites for hydroxylation is 1. The minimum atomic E-state index is 1.00. The van der Waals surface area contributed by atoms with E-state index in [0.717, 1.165) is 26.9 Å². The molecule has 0 fully saturated rings. The van der Waals surface area contributed by atoms with Crippen molar-refractivity contribution in [2.24, 2.45) is 0 Å². The van der Waals surface area contributed by atoms with Crippen LogP contribution in [-0.2, 0) is 0 Å². The molecule has 17 heavy (non-hydrogen) atoms. The molecular formula is C14H11BrN2. The maximum Gasteiger partial charge on any atom is 0.0894 e. The van der Waals surface area contributed by atoms with Crippen molar-refractivity contribution in [2.75, 3.05) is 0 Å². The van der Waals surface area contributed by atoms with E-state index in [-0.39, 0.29) is 0 Å². The van der Waals surface area contributed by atoms with Gasteiger partial charge in [0.05, 0.1) is 11.4 Å². The number of nitrogens with zero attached hydrogens (tertiary/aromatic N) is 1. The predicted molar refractivity (Wildman–Crippen MR) is 74.0 cm³/mol. The van der Waals surface area contributed by atoms with Gasteiger partial charge < -0.3 is 4.98 Å². The Balaban J connectivity index is 2.20. The number of hydrogen-bond donors (Lipinski definition) is 1. The monoisotopic (exact) mass is 286 g/mol. The Morgan fingerprint density at radius 2 is 2.00 bits per heavy atom. The number of halogens is 1. The zero-order valence-electron chi connectivity index (χ0n) is 9.37. The lowest BCUT2D eigenvalue weighted by atomic mass is 10.1. The second-order valence-corrected chi connectivity index (χ2v) is 5.00. The van der Waals surface area contributed by atoms with Gasteiger partial charge in [-0.15, -0.1) is 0 Å². The van der Waals surface area contributed by atoms with E-state index >= 15 is 0 Å². The normalized spacial score (nSPS) is 10.9. The molecule has 0 unspecified atom stereocenters. The fourth-order valence-electron chi connectivity index (χ4n) is 2.02. The number of benzene rings is 1. The van der Waals surface area contributed by atoms with E-state index in [1.54, 1.807) is 0 Å². The highest BCUT2D eigenvalue weighted by molar-refractivity contribution is 9.10. The number of para-hydroxylation sites is 1. The van der Waals surface area contributed by atoms with Crippen molar-refractivity contribution < 1.29 is 0 Å². The molecular weight excluding hydrogens is 276 g/mol. The van der Waals surface area contributed by atoms with Crippen LogP contribution in [0.3, 0.4) is 0 Å². The van der Waals surface area contributed by atoms with Crippen molar-refractivity contribution in [3.63, 3.8) is 0 Å². The van der Waals surface area contributed by atoms with Gasteiger partial charge in [-0.25, -0.2) is 0 Å². The van der Waals surface area contributed by atoms with Crippen LogP contribution in [0.5, 0.6) is 0 Å². The molecule has 0 atom stereocenters. The molecule has 0 aliphatic rings. The Bertz CT molecular complexity index is 653. The van der Waals surface area contributed by atoms with E-state index < -0.39 is 0 Å². The van der Waals surface area contributed by atoms with Crippen molar-refractivity contribution in [1.82, 2.24) is 9.97 Å². The number of nitrogens with one attached hydrogen (secondary N) is 1. The van der Waals surface area contributed by atoms with Crippen LogP contribution in [0.25, 0.3) is 22.3 Å². The van der Waals surface area contributed by atoms with Gasteiger partial charge in [0.15, 0.2) is 0 Å². The summed E-state index contributed by atoms with van der Waals surface area (Å²) in [4.78, 5) is 7.86. The fraction of sp³-hybridized carbons (Fsp3) is 0.0714. The van der Waals surface area contributed by atoms with Gasteiger partial charge in [0.25, 0.3) is 0 Å². The molecule has 0 aliphatic carbocycles. The third kappa shape index (κ3) is 1.87. The van der Waals surface area contributed by atoms with Gasteiger partial charge in [0, 0.05) is 21.6 Å². The van der Waals surface area contributed by atoms with Crippen molar-refractivity contribution in [3.8, 4) is 11.4 Å². The highest BCUT2D eigenvalue weighted by atomic mass is 79.9. The van der Waals surface area contributed by atoms with Gasteiger partial charge in [-0.3, -0.25) is 4.98 Å². The maximum atomic E-state index is 4.47. The van der Waals surface area contributed by atoms with Gasteiger partial charge in [-0.05, 0) is 46.6 Å². The third-order valence-electron chi connectivity index (χ3n) is 2.83. The van der Waals surface area contributed by atoms with Crippen LogP contribution in [0, 0.1) is 6.92 Å². The summed E-state index contributed by atoms with van der Waals surface area (Å²) in [6.45, 7) is 2.07. The number of aromatic amines is 1. The lowest BCUT2D eigenvalue weighted by Gasteiger charge is -2.02. The molecule has 2 heterocycles. The number of hydrogen-bond acceptors (Lipinski definition) is 1. The van der Waals surface area contributed by atoms with Crippen molar-refractivity contribution in [2.45, 2.75) is 6.92 Å². The van der Waals surface area contributed by atoms with Crippen molar-refractivity contribution in [1.29, 1.82) is 0 Å². The predicted octanol–water partition coefficient (Wildman–Crippen LogP) is 4.30. The quantitative estimate of drug-likeness (QED) is 0.710. The first kappa shape index (κ1) is 10.5. The SMILES string of the molecule is Cc1cc(Br)cnc1-c1cc2ccccc2[nH]1. The summed E-state index contributed by atoms with van der Waals surface area (Å²) in [6, 6.07) is 12.5. The van der Waals surface area contributed by atoms with Crippen LogP contribution in [-0.4, -0.2) is 9.97 Å². The smallest absolute Gasteiger partial charge is 0.0894 e. The first-order valence-corrected chi connectivity index (χ1v) is 6.23. The Hall–Kier alpha value is -1.61. The van der Waals surface area contributed by atoms with Crippen molar-refractivity contribution >= 4 is 26.8 Å². The minimum absolute atomic E-state index is 1.00. The van der Waals surface area contributed by atoms with Crippen LogP contribution in [0.15, 0.2) is 47.1 Å². The molecule has 1 aromatic carbocycles. The molecule has 3 aromatic rings. The topological polar surface area (TPSA) is 28.7 Å². The first-order valence-electron chi connectivity index (χ1n) is 5.44. The minimum Gasteiger partial charge on any atom is -0.353 e. The standard InChI is InChI=1S/C14H11BrN2/c1-9-6-11(15)8-16-14(9)13-7-10-4-2-3-5-12(10)17-13/h2-8,17H,1H3. The molecule has 0 spiro atoms. The van der Waals surface area contributed by atoms with Crippen LogP contribution in [0.4, 0.5) is 0 Å². The van der Waals surface area contributed by atoms with Gasteiger partial charge in [-0.2, -0.15) is 0 Å². The molecule has 84 valence electrons. The maximum absolute atomic E-state index is 4.47. The van der Waals surface area contributed by atoms with E-state index in [0.29, 0.717) is 0 Å². The van der Waals surface area contributed by atoms with Crippen LogP contribution >= 0.6 is 15.9 Å². The Kier molecular flexibility index (Phi) is 2.48. The summed E-state index contributed by atoms with van der Waals surface area (Å²) in [6.07, 6.45) is 1.83. The van der Waals surface area contributed by atoms with Crippen LogP contribution in [0.1, 0.15) is 5.56 Å². The zero-order chi connectivity index (χ0) is 11.8. The van der Waals surface area contributed by atoms with Crippen molar-refractivity contribution in [3.05, 3.63) is 52.6 Å². The van der Waals surface area contributed by atoms with Crippen LogP contribution < -0.4 is 0 Å². The third-order valence-corrected chi connectivity index (χ3v) is 3.26. The number of pyridine rings is 1. The molecule has 2 aromatic heterocycles. The lowest BCUT2D eigenvalue weighted by molar-refractivity contribution is 1.23. The Morgan fingerprint density at radius 3 is 2.76 bits per heavy atom. The average Bonchev–Trinajstić information content (AvgIpc) is 2.72. The molecule has 1 N–H and O–H groups in total. The second-order valence-electron chi connectivity index (χ2n) is 4.09. The number of rotatable bonds is 1. The van der Waals surface area contributed by atoms with Gasteiger partial charge in [-0.1, -0.05) is 18.2 Å². The highest BCUT2D eigenvalue weighted by Gasteiger charge is 2.07. The molecule has 2 nitrogen and oxygen atoms in total. The van der Waals surface area contributed by atoms with E-state index in [1.165, 1.54) is 5.39 Å². The first-order chi connectivity index (χ1) is 8.24. The number of H-pyrrole nitrogens is 1. The van der Waals surface area contributed by atoms with E-state index in [2.05, 4.69) is 57.1 Å².